The first-order valence-corrected chi connectivity index (χ1v) is 19.1. The van der Waals surface area contributed by atoms with Crippen LogP contribution in [0.1, 0.15) is 82.6 Å². The molecule has 0 aromatic heterocycles. The van der Waals surface area contributed by atoms with Gasteiger partial charge in [0.05, 0.1) is 0 Å². The van der Waals surface area contributed by atoms with E-state index in [0.717, 1.165) is 6.54 Å². The number of halogens is 4. The molecular formula is C20H35Cl2I2NO4. The Balaban J connectivity index is 0. The van der Waals surface area contributed by atoms with E-state index < -0.39 is 37.3 Å². The normalized spacial score (nSPS) is 10.2. The van der Waals surface area contributed by atoms with E-state index in [1.165, 1.54) is 89.0 Å². The lowest BCUT2D eigenvalue weighted by atomic mass is 10.0. The van der Waals surface area contributed by atoms with E-state index in [-0.39, 0.29) is 0 Å². The van der Waals surface area contributed by atoms with Gasteiger partial charge in [0.2, 0.25) is 0 Å². The summed E-state index contributed by atoms with van der Waals surface area (Å²) in [4.78, 5) is 0. The molecule has 1 rings (SSSR count). The minimum atomic E-state index is -3.29. The van der Waals surface area contributed by atoms with Crippen molar-refractivity contribution in [2.24, 2.45) is 5.73 Å². The van der Waals surface area contributed by atoms with Crippen LogP contribution in [0.5, 0.6) is 0 Å². The predicted molar refractivity (Wildman–Crippen MR) is 137 cm³/mol. The van der Waals surface area contributed by atoms with Crippen molar-refractivity contribution in [2.45, 2.75) is 83.5 Å². The third-order valence-electron chi connectivity index (χ3n) is 4.26. The van der Waals surface area contributed by atoms with Crippen molar-refractivity contribution < 1.29 is 12.3 Å². The summed E-state index contributed by atoms with van der Waals surface area (Å²) in [7, 11) is 8.64. The van der Waals surface area contributed by atoms with E-state index in [2.05, 4.69) is 48.1 Å². The van der Waals surface area contributed by atoms with E-state index >= 15 is 0 Å². The van der Waals surface area contributed by atoms with Crippen LogP contribution in [0.15, 0.2) is 30.3 Å². The molecule has 5 nitrogen and oxygen atoms in total. The number of rotatable bonds is 14. The van der Waals surface area contributed by atoms with Crippen molar-refractivity contribution in [1.29, 1.82) is 0 Å². The van der Waals surface area contributed by atoms with Gasteiger partial charge in [0.15, 0.2) is 0 Å². The fourth-order valence-corrected chi connectivity index (χ4v) is 2.89. The second-order valence-electron chi connectivity index (χ2n) is 6.63. The van der Waals surface area contributed by atoms with Gasteiger partial charge >= 0.3 is 37.3 Å². The van der Waals surface area contributed by atoms with Gasteiger partial charge in [-0.2, -0.15) is 0 Å². The highest BCUT2D eigenvalue weighted by atomic mass is 127. The van der Waals surface area contributed by atoms with Crippen LogP contribution < -0.4 is 5.73 Å². The molecule has 0 heterocycles. The van der Waals surface area contributed by atoms with Crippen LogP contribution in [0.25, 0.3) is 0 Å². The molecule has 0 fully saturated rings. The number of benzene rings is 1. The molecule has 0 saturated carbocycles. The summed E-state index contributed by atoms with van der Waals surface area (Å²) in [5.74, 6) is 0. The van der Waals surface area contributed by atoms with Gasteiger partial charge in [-0.05, 0) is 31.4 Å². The molecule has 0 unspecified atom stereocenters. The van der Waals surface area contributed by atoms with Crippen LogP contribution >= 0.6 is 55.1 Å². The number of hydrogen-bond donors (Lipinski definition) is 1. The van der Waals surface area contributed by atoms with Gasteiger partial charge < -0.3 is 5.73 Å². The summed E-state index contributed by atoms with van der Waals surface area (Å²) >= 11 is -6.58. The fraction of sp³-hybridized carbons (Fsp3) is 0.700. The van der Waals surface area contributed by atoms with Crippen molar-refractivity contribution >= 4 is 55.1 Å². The first-order valence-electron chi connectivity index (χ1n) is 10.1. The average Bonchev–Trinajstić information content (AvgIpc) is 2.65. The predicted octanol–water partition coefficient (Wildman–Crippen LogP) is 8.54. The minimum Gasteiger partial charge on any atom is -0.330 e. The Kier molecular flexibility index (Phi) is 28.8. The molecule has 1 aromatic carbocycles. The summed E-state index contributed by atoms with van der Waals surface area (Å²) in [6.07, 6.45) is 17.9. The maximum absolute atomic E-state index is 8.89. The number of aryl methyl sites for hydroxylation is 1. The van der Waals surface area contributed by atoms with Crippen molar-refractivity contribution in [1.82, 2.24) is 0 Å². The van der Waals surface area contributed by atoms with Gasteiger partial charge in [0, 0.05) is 17.8 Å². The van der Waals surface area contributed by atoms with Gasteiger partial charge in [0.25, 0.3) is 0 Å². The molecule has 172 valence electrons. The summed E-state index contributed by atoms with van der Waals surface area (Å²) in [6, 6.07) is 10.9. The van der Waals surface area contributed by atoms with Crippen molar-refractivity contribution in [2.75, 3.05) is 6.54 Å². The molecule has 0 amide bonds. The van der Waals surface area contributed by atoms with Crippen LogP contribution in [0.4, 0.5) is 0 Å². The molecule has 0 saturated heterocycles. The first-order chi connectivity index (χ1) is 13.9. The van der Waals surface area contributed by atoms with Crippen LogP contribution in [0, 0.1) is 0 Å². The molecule has 0 aliphatic rings. The van der Waals surface area contributed by atoms with Crippen LogP contribution in [-0.4, -0.2) is 6.54 Å². The van der Waals surface area contributed by atoms with Crippen LogP contribution in [0.2, 0.25) is 0 Å². The molecule has 29 heavy (non-hydrogen) atoms. The molecule has 0 aliphatic heterocycles. The standard InChI is InChI=1S/C20H35N.2ClIO2/c21-19-15-10-8-6-4-2-1-3-5-7-9-12-16-20-17-13-11-14-18-20;2*1-2(3)4/h11,13-14,17-18H,1-10,12,15-16,19,21H2;;. The lowest BCUT2D eigenvalue weighted by molar-refractivity contribution is 0.541. The Morgan fingerprint density at radius 1 is 0.586 bits per heavy atom. The zero-order valence-electron chi connectivity index (χ0n) is 17.0. The van der Waals surface area contributed by atoms with Gasteiger partial charge in [-0.25, -0.2) is 12.3 Å². The molecular weight excluding hydrogens is 643 g/mol. The van der Waals surface area contributed by atoms with Crippen molar-refractivity contribution in [3.8, 4) is 0 Å². The second kappa shape index (κ2) is 26.5. The number of nitrogens with two attached hydrogens (primary N) is 1. The van der Waals surface area contributed by atoms with E-state index in [4.69, 9.17) is 18.0 Å². The number of hydrogen-bond acceptors (Lipinski definition) is 5. The van der Waals surface area contributed by atoms with Gasteiger partial charge in [-0.1, -0.05) is 94.5 Å². The molecule has 0 spiro atoms. The zero-order chi connectivity index (χ0) is 22.2. The van der Waals surface area contributed by atoms with E-state index in [0.29, 0.717) is 0 Å². The maximum atomic E-state index is 8.89. The summed E-state index contributed by atoms with van der Waals surface area (Å²) in [5, 5.41) is 0. The minimum absolute atomic E-state index is 0.865. The van der Waals surface area contributed by atoms with Crippen LogP contribution in [0.3, 0.4) is 0 Å². The highest BCUT2D eigenvalue weighted by Crippen LogP contribution is 2.13. The van der Waals surface area contributed by atoms with Crippen molar-refractivity contribution in [3.63, 3.8) is 0 Å². The molecule has 0 aliphatic carbocycles. The SMILES string of the molecule is NCCCCCCCCCCCCCCc1ccccc1.O=I(=O)Cl.O=I(=O)Cl. The Labute approximate surface area is 197 Å². The highest BCUT2D eigenvalue weighted by molar-refractivity contribution is 14.2. The fourth-order valence-electron chi connectivity index (χ4n) is 2.89. The Bertz CT molecular complexity index is 561. The van der Waals surface area contributed by atoms with Crippen molar-refractivity contribution in [3.05, 3.63) is 35.9 Å². The summed E-state index contributed by atoms with van der Waals surface area (Å²) in [6.45, 7) is 0.865. The van der Waals surface area contributed by atoms with E-state index in [1.807, 2.05) is 0 Å². The van der Waals surface area contributed by atoms with Gasteiger partial charge in [-0.15, -0.1) is 0 Å². The lowest BCUT2D eigenvalue weighted by Crippen LogP contribution is -1.97. The monoisotopic (exact) mass is 677 g/mol. The lowest BCUT2D eigenvalue weighted by Gasteiger charge is -2.03. The number of unbranched alkanes of at least 4 members (excludes halogenated alkanes) is 11. The van der Waals surface area contributed by atoms with Gasteiger partial charge in [-0.3, -0.25) is 0 Å². The second-order valence-corrected chi connectivity index (χ2v) is 11.8. The van der Waals surface area contributed by atoms with E-state index in [1.54, 1.807) is 0 Å². The van der Waals surface area contributed by atoms with Crippen LogP contribution in [-0.2, 0) is 18.7 Å². The third kappa shape index (κ3) is 36.2. The molecule has 9 heteroatoms. The molecule has 2 N–H and O–H groups in total. The quantitative estimate of drug-likeness (QED) is 0.157. The molecule has 0 atom stereocenters. The largest absolute Gasteiger partial charge is 0.409 e. The summed E-state index contributed by atoms with van der Waals surface area (Å²) < 4.78 is 35.6. The Morgan fingerprint density at radius 3 is 1.24 bits per heavy atom. The third-order valence-corrected chi connectivity index (χ3v) is 4.26. The Morgan fingerprint density at radius 2 is 0.897 bits per heavy atom. The van der Waals surface area contributed by atoms with Gasteiger partial charge in [0.1, 0.15) is 0 Å². The van der Waals surface area contributed by atoms with E-state index in [9.17, 15) is 0 Å². The highest BCUT2D eigenvalue weighted by Gasteiger charge is 1.95. The zero-order valence-corrected chi connectivity index (χ0v) is 22.8. The molecule has 0 radical (unpaired) electrons. The summed E-state index contributed by atoms with van der Waals surface area (Å²) in [5.41, 5.74) is 6.98. The molecule has 1 aromatic rings. The maximum Gasteiger partial charge on any atom is 0.409 e. The first kappa shape index (κ1) is 31.6. The molecule has 0 bridgehead atoms. The topological polar surface area (TPSA) is 94.3 Å². The average molecular weight is 678 g/mol. The smallest absolute Gasteiger partial charge is 0.330 e. The Hall–Kier alpha value is 0.420.